The summed E-state index contributed by atoms with van der Waals surface area (Å²) in [5.41, 5.74) is 0.0938. The summed E-state index contributed by atoms with van der Waals surface area (Å²) in [4.78, 5) is 11.7. The van der Waals surface area contributed by atoms with Crippen LogP contribution in [0.5, 0.6) is 0 Å². The summed E-state index contributed by atoms with van der Waals surface area (Å²) in [5, 5.41) is 6.00. The Hall–Kier alpha value is -1.49. The molecule has 0 saturated carbocycles. The van der Waals surface area contributed by atoms with Crippen LogP contribution in [-0.4, -0.2) is 25.0 Å². The molecule has 0 unspecified atom stereocenters. The Morgan fingerprint density at radius 1 is 1.44 bits per heavy atom. The van der Waals surface area contributed by atoms with Crippen molar-refractivity contribution in [3.8, 4) is 0 Å². The number of nitrogens with one attached hydrogen (secondary N) is 2. The zero-order valence-corrected chi connectivity index (χ0v) is 10.0. The molecule has 0 radical (unpaired) electrons. The lowest BCUT2D eigenvalue weighted by molar-refractivity contribution is -0.121. The third kappa shape index (κ3) is 3.26. The van der Waals surface area contributed by atoms with Gasteiger partial charge in [0.15, 0.2) is 11.6 Å². The number of hydrogen-bond acceptors (Lipinski definition) is 2. The molecule has 0 bridgehead atoms. The van der Waals surface area contributed by atoms with E-state index < -0.39 is 11.6 Å². The molecule has 98 valence electrons. The number of amides is 1. The van der Waals surface area contributed by atoms with Crippen molar-refractivity contribution in [3.05, 3.63) is 35.4 Å². The van der Waals surface area contributed by atoms with Crippen molar-refractivity contribution in [2.75, 3.05) is 13.1 Å². The molecule has 1 amide bonds. The minimum absolute atomic E-state index is 0.0860. The first-order chi connectivity index (χ1) is 8.66. The highest BCUT2D eigenvalue weighted by Crippen LogP contribution is 2.12. The Balaban J connectivity index is 1.92. The van der Waals surface area contributed by atoms with E-state index in [4.69, 9.17) is 0 Å². The van der Waals surface area contributed by atoms with Gasteiger partial charge in [-0.3, -0.25) is 4.79 Å². The average molecular weight is 254 g/mol. The molecular formula is C13H16F2N2O. The van der Waals surface area contributed by atoms with Crippen LogP contribution < -0.4 is 10.6 Å². The molecule has 3 nitrogen and oxygen atoms in total. The highest BCUT2D eigenvalue weighted by Gasteiger charge is 2.17. The van der Waals surface area contributed by atoms with Gasteiger partial charge in [-0.25, -0.2) is 8.78 Å². The summed E-state index contributed by atoms with van der Waals surface area (Å²) < 4.78 is 26.3. The van der Waals surface area contributed by atoms with Crippen LogP contribution in [0.15, 0.2) is 18.2 Å². The number of piperidine rings is 1. The lowest BCUT2D eigenvalue weighted by Gasteiger charge is -2.23. The minimum atomic E-state index is -0.936. The van der Waals surface area contributed by atoms with Crippen molar-refractivity contribution in [3.63, 3.8) is 0 Å². The van der Waals surface area contributed by atoms with E-state index in [-0.39, 0.29) is 23.9 Å². The van der Waals surface area contributed by atoms with Gasteiger partial charge in [0, 0.05) is 18.2 Å². The highest BCUT2D eigenvalue weighted by molar-refractivity contribution is 5.78. The molecule has 1 aliphatic rings. The number of benzene rings is 1. The fourth-order valence-corrected chi connectivity index (χ4v) is 2.11. The zero-order chi connectivity index (χ0) is 13.0. The van der Waals surface area contributed by atoms with Crippen LogP contribution in [0.1, 0.15) is 18.4 Å². The van der Waals surface area contributed by atoms with Gasteiger partial charge in [0.2, 0.25) is 5.91 Å². The first kappa shape index (κ1) is 13.0. The standard InChI is InChI=1S/C13H16F2N2O/c14-11-5-1-3-9(13(11)15)7-12(18)17-10-4-2-6-16-8-10/h1,3,5,10,16H,2,4,6-8H2,(H,17,18)/t10-/m0/s1. The molecule has 2 rings (SSSR count). The molecule has 0 spiro atoms. The third-order valence-corrected chi connectivity index (χ3v) is 3.04. The lowest BCUT2D eigenvalue weighted by atomic mass is 10.1. The van der Waals surface area contributed by atoms with Gasteiger partial charge in [0.1, 0.15) is 0 Å². The first-order valence-corrected chi connectivity index (χ1v) is 6.10. The van der Waals surface area contributed by atoms with Gasteiger partial charge in [0.05, 0.1) is 6.42 Å². The van der Waals surface area contributed by atoms with Gasteiger partial charge in [0.25, 0.3) is 0 Å². The highest BCUT2D eigenvalue weighted by atomic mass is 19.2. The monoisotopic (exact) mass is 254 g/mol. The average Bonchev–Trinajstić information content (AvgIpc) is 2.36. The van der Waals surface area contributed by atoms with Crippen LogP contribution in [0.25, 0.3) is 0 Å². The van der Waals surface area contributed by atoms with Gasteiger partial charge < -0.3 is 10.6 Å². The molecule has 1 saturated heterocycles. The normalized spacial score (nSPS) is 19.6. The summed E-state index contributed by atoms with van der Waals surface area (Å²) in [6.45, 7) is 1.70. The first-order valence-electron chi connectivity index (χ1n) is 6.10. The molecule has 1 heterocycles. The van der Waals surface area contributed by atoms with Crippen molar-refractivity contribution in [2.24, 2.45) is 0 Å². The van der Waals surface area contributed by atoms with Crippen molar-refractivity contribution < 1.29 is 13.6 Å². The van der Waals surface area contributed by atoms with E-state index in [1.165, 1.54) is 12.1 Å². The van der Waals surface area contributed by atoms with Crippen molar-refractivity contribution in [1.29, 1.82) is 0 Å². The Labute approximate surface area is 105 Å². The molecule has 5 heteroatoms. The van der Waals surface area contributed by atoms with Crippen LogP contribution in [0.2, 0.25) is 0 Å². The molecule has 1 aromatic carbocycles. The zero-order valence-electron chi connectivity index (χ0n) is 10.0. The molecule has 0 aromatic heterocycles. The van der Waals surface area contributed by atoms with Crippen molar-refractivity contribution >= 4 is 5.91 Å². The number of carbonyl (C=O) groups excluding carboxylic acids is 1. The summed E-state index contributed by atoms with van der Waals surface area (Å²) in [7, 11) is 0. The Morgan fingerprint density at radius 2 is 2.28 bits per heavy atom. The molecule has 1 aromatic rings. The maximum Gasteiger partial charge on any atom is 0.224 e. The Morgan fingerprint density at radius 3 is 3.00 bits per heavy atom. The van der Waals surface area contributed by atoms with Crippen LogP contribution in [0.3, 0.4) is 0 Å². The van der Waals surface area contributed by atoms with Crippen LogP contribution in [-0.2, 0) is 11.2 Å². The number of carbonyl (C=O) groups is 1. The quantitative estimate of drug-likeness (QED) is 0.855. The fraction of sp³-hybridized carbons (Fsp3) is 0.462. The summed E-state index contributed by atoms with van der Waals surface area (Å²) in [6, 6.07) is 3.96. The molecular weight excluding hydrogens is 238 g/mol. The summed E-state index contributed by atoms with van der Waals surface area (Å²) in [5.74, 6) is -2.12. The topological polar surface area (TPSA) is 41.1 Å². The third-order valence-electron chi connectivity index (χ3n) is 3.04. The van der Waals surface area contributed by atoms with Gasteiger partial charge in [-0.15, -0.1) is 0 Å². The predicted octanol–water partition coefficient (Wildman–Crippen LogP) is 1.38. The largest absolute Gasteiger partial charge is 0.352 e. The van der Waals surface area contributed by atoms with Crippen LogP contribution in [0, 0.1) is 11.6 Å². The minimum Gasteiger partial charge on any atom is -0.352 e. The lowest BCUT2D eigenvalue weighted by Crippen LogP contribution is -2.46. The second-order valence-electron chi connectivity index (χ2n) is 4.50. The van der Waals surface area contributed by atoms with Gasteiger partial charge in [-0.1, -0.05) is 12.1 Å². The van der Waals surface area contributed by atoms with Crippen molar-refractivity contribution in [2.45, 2.75) is 25.3 Å². The molecule has 2 N–H and O–H groups in total. The maximum atomic E-state index is 13.4. The van der Waals surface area contributed by atoms with E-state index >= 15 is 0 Å². The van der Waals surface area contributed by atoms with Gasteiger partial charge in [-0.2, -0.15) is 0 Å². The summed E-state index contributed by atoms with van der Waals surface area (Å²) >= 11 is 0. The molecule has 1 atom stereocenters. The van der Waals surface area contributed by atoms with Gasteiger partial charge >= 0.3 is 0 Å². The van der Waals surface area contributed by atoms with E-state index in [0.29, 0.717) is 0 Å². The van der Waals surface area contributed by atoms with E-state index in [1.54, 1.807) is 0 Å². The summed E-state index contributed by atoms with van der Waals surface area (Å²) in [6.07, 6.45) is 1.81. The smallest absolute Gasteiger partial charge is 0.224 e. The second-order valence-corrected chi connectivity index (χ2v) is 4.50. The second kappa shape index (κ2) is 5.91. The Kier molecular flexibility index (Phi) is 4.25. The molecule has 0 aliphatic carbocycles. The molecule has 18 heavy (non-hydrogen) atoms. The van der Waals surface area contributed by atoms with Crippen molar-refractivity contribution in [1.82, 2.24) is 10.6 Å². The Bertz CT molecular complexity index is 431. The van der Waals surface area contributed by atoms with E-state index in [2.05, 4.69) is 10.6 Å². The fourth-order valence-electron chi connectivity index (χ4n) is 2.11. The van der Waals surface area contributed by atoms with Crippen LogP contribution >= 0.6 is 0 Å². The predicted molar refractivity (Wildman–Crippen MR) is 64.1 cm³/mol. The maximum absolute atomic E-state index is 13.4. The van der Waals surface area contributed by atoms with E-state index in [1.807, 2.05) is 0 Å². The van der Waals surface area contributed by atoms with E-state index in [9.17, 15) is 13.6 Å². The van der Waals surface area contributed by atoms with Gasteiger partial charge in [-0.05, 0) is 25.5 Å². The molecule has 1 fully saturated rings. The SMILES string of the molecule is O=C(Cc1cccc(F)c1F)N[C@H]1CCCNC1. The number of hydrogen-bond donors (Lipinski definition) is 2. The molecule has 1 aliphatic heterocycles. The van der Waals surface area contributed by atoms with Crippen LogP contribution in [0.4, 0.5) is 8.78 Å². The number of halogens is 2. The number of rotatable bonds is 3. The van der Waals surface area contributed by atoms with E-state index in [0.717, 1.165) is 32.0 Å².